The van der Waals surface area contributed by atoms with E-state index in [9.17, 15) is 4.21 Å². The van der Waals surface area contributed by atoms with Crippen molar-refractivity contribution in [3.63, 3.8) is 0 Å². The first-order chi connectivity index (χ1) is 6.24. The normalized spacial score (nSPS) is 17.1. The zero-order valence-electron chi connectivity index (χ0n) is 10.4. The van der Waals surface area contributed by atoms with Crippen LogP contribution in [0.3, 0.4) is 0 Å². The van der Waals surface area contributed by atoms with E-state index in [2.05, 4.69) is 46.9 Å². The van der Waals surface area contributed by atoms with Gasteiger partial charge >= 0.3 is 0 Å². The van der Waals surface area contributed by atoms with Crippen LogP contribution in [0.15, 0.2) is 0 Å². The van der Waals surface area contributed by atoms with E-state index in [0.29, 0.717) is 11.2 Å². The Hall–Kier alpha value is 0.110. The fourth-order valence-electron chi connectivity index (χ4n) is 1.02. The standard InChI is InChI=1S/C11H25NOS/c1-9(2)10(3)14(13)8-7-12-11(4,5)6/h9-10,12H,7-8H2,1-6H3. The average molecular weight is 219 g/mol. The lowest BCUT2D eigenvalue weighted by molar-refractivity contribution is 0.439. The van der Waals surface area contributed by atoms with Crippen LogP contribution in [-0.4, -0.2) is 27.3 Å². The van der Waals surface area contributed by atoms with Crippen molar-refractivity contribution in [1.29, 1.82) is 0 Å². The Morgan fingerprint density at radius 3 is 2.07 bits per heavy atom. The molecule has 0 fully saturated rings. The summed E-state index contributed by atoms with van der Waals surface area (Å²) in [6.45, 7) is 13.5. The summed E-state index contributed by atoms with van der Waals surface area (Å²) in [5, 5.41) is 3.66. The Labute approximate surface area is 91.3 Å². The molecule has 0 aliphatic carbocycles. The van der Waals surface area contributed by atoms with Gasteiger partial charge < -0.3 is 5.32 Å². The van der Waals surface area contributed by atoms with E-state index in [1.807, 2.05) is 0 Å². The first-order valence-electron chi connectivity index (χ1n) is 5.36. The first kappa shape index (κ1) is 14.1. The van der Waals surface area contributed by atoms with Gasteiger partial charge in [-0.2, -0.15) is 0 Å². The zero-order valence-corrected chi connectivity index (χ0v) is 11.2. The predicted molar refractivity (Wildman–Crippen MR) is 65.1 cm³/mol. The van der Waals surface area contributed by atoms with Crippen molar-refractivity contribution >= 4 is 10.8 Å². The predicted octanol–water partition coefficient (Wildman–Crippen LogP) is 2.17. The van der Waals surface area contributed by atoms with Gasteiger partial charge in [0.25, 0.3) is 0 Å². The van der Waals surface area contributed by atoms with Gasteiger partial charge in [0.05, 0.1) is 0 Å². The number of hydrogen-bond acceptors (Lipinski definition) is 2. The van der Waals surface area contributed by atoms with Crippen molar-refractivity contribution in [1.82, 2.24) is 5.32 Å². The van der Waals surface area contributed by atoms with E-state index in [-0.39, 0.29) is 5.54 Å². The molecule has 1 N–H and O–H groups in total. The zero-order chi connectivity index (χ0) is 11.4. The van der Waals surface area contributed by atoms with Crippen LogP contribution in [-0.2, 0) is 10.8 Å². The highest BCUT2D eigenvalue weighted by molar-refractivity contribution is 7.85. The maximum Gasteiger partial charge on any atom is 0.0363 e. The summed E-state index contributed by atoms with van der Waals surface area (Å²) in [4.78, 5) is 0. The molecule has 0 aliphatic rings. The molecule has 0 heterocycles. The highest BCUT2D eigenvalue weighted by Crippen LogP contribution is 2.08. The molecule has 0 aromatic carbocycles. The van der Waals surface area contributed by atoms with Crippen molar-refractivity contribution in [3.05, 3.63) is 0 Å². The Bertz CT molecular complexity index is 184. The van der Waals surface area contributed by atoms with E-state index in [4.69, 9.17) is 0 Å². The second kappa shape index (κ2) is 5.86. The van der Waals surface area contributed by atoms with Crippen molar-refractivity contribution in [3.8, 4) is 0 Å². The maximum atomic E-state index is 11.7. The quantitative estimate of drug-likeness (QED) is 0.768. The third kappa shape index (κ3) is 6.55. The smallest absolute Gasteiger partial charge is 0.0363 e. The van der Waals surface area contributed by atoms with Gasteiger partial charge in [0, 0.05) is 33.9 Å². The highest BCUT2D eigenvalue weighted by atomic mass is 32.2. The van der Waals surface area contributed by atoms with Gasteiger partial charge in [-0.05, 0) is 26.7 Å². The van der Waals surface area contributed by atoms with Crippen LogP contribution < -0.4 is 5.32 Å². The van der Waals surface area contributed by atoms with Crippen LogP contribution in [0.5, 0.6) is 0 Å². The Morgan fingerprint density at radius 2 is 1.71 bits per heavy atom. The lowest BCUT2D eigenvalue weighted by Gasteiger charge is -2.21. The second-order valence-corrected chi connectivity index (χ2v) is 7.12. The molecule has 0 saturated carbocycles. The van der Waals surface area contributed by atoms with E-state index >= 15 is 0 Å². The molecular weight excluding hydrogens is 194 g/mol. The molecule has 0 amide bonds. The van der Waals surface area contributed by atoms with Gasteiger partial charge in [-0.1, -0.05) is 20.8 Å². The van der Waals surface area contributed by atoms with E-state index in [1.54, 1.807) is 0 Å². The highest BCUT2D eigenvalue weighted by Gasteiger charge is 2.15. The molecule has 2 atom stereocenters. The number of hydrogen-bond donors (Lipinski definition) is 1. The van der Waals surface area contributed by atoms with E-state index in [0.717, 1.165) is 12.3 Å². The van der Waals surface area contributed by atoms with E-state index in [1.165, 1.54) is 0 Å². The molecule has 2 nitrogen and oxygen atoms in total. The van der Waals surface area contributed by atoms with Crippen molar-refractivity contribution in [2.45, 2.75) is 52.3 Å². The largest absolute Gasteiger partial charge is 0.311 e. The Balaban J connectivity index is 3.75. The minimum atomic E-state index is -0.692. The van der Waals surface area contributed by atoms with Gasteiger partial charge in [-0.3, -0.25) is 4.21 Å². The lowest BCUT2D eigenvalue weighted by atomic mass is 10.1. The molecule has 0 aromatic rings. The molecule has 0 aromatic heterocycles. The molecule has 3 heteroatoms. The average Bonchev–Trinajstić information content (AvgIpc) is 2.00. The maximum absolute atomic E-state index is 11.7. The van der Waals surface area contributed by atoms with Gasteiger partial charge in [0.1, 0.15) is 0 Å². The van der Waals surface area contributed by atoms with Crippen LogP contribution in [0, 0.1) is 5.92 Å². The van der Waals surface area contributed by atoms with Gasteiger partial charge in [0.2, 0.25) is 0 Å². The topological polar surface area (TPSA) is 29.1 Å². The van der Waals surface area contributed by atoms with Crippen molar-refractivity contribution < 1.29 is 4.21 Å². The SMILES string of the molecule is CC(C)C(C)S(=O)CCNC(C)(C)C. The molecule has 14 heavy (non-hydrogen) atoms. The summed E-state index contributed by atoms with van der Waals surface area (Å²) in [5.41, 5.74) is 0.130. The van der Waals surface area contributed by atoms with Crippen molar-refractivity contribution in [2.75, 3.05) is 12.3 Å². The van der Waals surface area contributed by atoms with Crippen LogP contribution in [0.2, 0.25) is 0 Å². The molecule has 0 spiro atoms. The van der Waals surface area contributed by atoms with Gasteiger partial charge in [-0.25, -0.2) is 0 Å². The molecule has 86 valence electrons. The van der Waals surface area contributed by atoms with Gasteiger partial charge in [0.15, 0.2) is 0 Å². The fourth-order valence-corrected chi connectivity index (χ4v) is 2.30. The van der Waals surface area contributed by atoms with Crippen LogP contribution >= 0.6 is 0 Å². The number of rotatable bonds is 5. The summed E-state index contributed by atoms with van der Waals surface area (Å²) < 4.78 is 11.7. The summed E-state index contributed by atoms with van der Waals surface area (Å²) in [6.07, 6.45) is 0. The molecule has 0 saturated heterocycles. The molecule has 2 unspecified atom stereocenters. The van der Waals surface area contributed by atoms with E-state index < -0.39 is 10.8 Å². The minimum Gasteiger partial charge on any atom is -0.311 e. The molecular formula is C11H25NOS. The summed E-state index contributed by atoms with van der Waals surface area (Å²) in [6, 6.07) is 0. The minimum absolute atomic E-state index is 0.130. The summed E-state index contributed by atoms with van der Waals surface area (Å²) in [7, 11) is -0.692. The number of nitrogens with one attached hydrogen (secondary N) is 1. The second-order valence-electron chi connectivity index (χ2n) is 5.21. The first-order valence-corrected chi connectivity index (χ1v) is 6.74. The van der Waals surface area contributed by atoms with Crippen molar-refractivity contribution in [2.24, 2.45) is 5.92 Å². The third-order valence-corrected chi connectivity index (χ3v) is 4.29. The Morgan fingerprint density at radius 1 is 1.21 bits per heavy atom. The third-order valence-electron chi connectivity index (χ3n) is 2.31. The van der Waals surface area contributed by atoms with Crippen LogP contribution in [0.4, 0.5) is 0 Å². The van der Waals surface area contributed by atoms with Crippen LogP contribution in [0.25, 0.3) is 0 Å². The Kier molecular flexibility index (Phi) is 5.91. The van der Waals surface area contributed by atoms with Gasteiger partial charge in [-0.15, -0.1) is 0 Å². The molecule has 0 aliphatic heterocycles. The monoisotopic (exact) mass is 219 g/mol. The van der Waals surface area contributed by atoms with Crippen LogP contribution in [0.1, 0.15) is 41.5 Å². The molecule has 0 radical (unpaired) electrons. The summed E-state index contributed by atoms with van der Waals surface area (Å²) >= 11 is 0. The fraction of sp³-hybridized carbons (Fsp3) is 1.00. The summed E-state index contributed by atoms with van der Waals surface area (Å²) in [5.74, 6) is 1.27. The molecule has 0 bridgehead atoms. The molecule has 0 rings (SSSR count). The lowest BCUT2D eigenvalue weighted by Crippen LogP contribution is -2.39.